The minimum Gasteiger partial charge on any atom is -0.457 e. The van der Waals surface area contributed by atoms with Crippen LogP contribution in [0.1, 0.15) is 106 Å². The monoisotopic (exact) mass is 614 g/mol. The Hall–Kier alpha value is -1.87. The third kappa shape index (κ3) is 5.78. The topological polar surface area (TPSA) is 119 Å². The first-order valence-corrected chi connectivity index (χ1v) is 16.9. The van der Waals surface area contributed by atoms with Crippen molar-refractivity contribution in [3.05, 3.63) is 23.8 Å². The van der Waals surface area contributed by atoms with Gasteiger partial charge in [0.05, 0.1) is 23.7 Å². The summed E-state index contributed by atoms with van der Waals surface area (Å²) in [5.74, 6) is -0.471. The van der Waals surface area contributed by atoms with Gasteiger partial charge in [0.2, 0.25) is 5.78 Å². The van der Waals surface area contributed by atoms with E-state index in [0.29, 0.717) is 12.8 Å². The molecule has 0 amide bonds. The second kappa shape index (κ2) is 12.1. The number of carbonyl (C=O) groups excluding carboxylic acids is 3. The molecule has 8 nitrogen and oxygen atoms in total. The Bertz CT molecular complexity index is 1180. The number of hydrogen-bond acceptors (Lipinski definition) is 8. The highest BCUT2D eigenvalue weighted by Gasteiger charge is 2.76. The van der Waals surface area contributed by atoms with Crippen LogP contribution in [-0.4, -0.2) is 64.1 Å². The van der Waals surface area contributed by atoms with Gasteiger partial charge < -0.3 is 24.4 Å². The second-order valence-corrected chi connectivity index (χ2v) is 16.0. The number of carbonyl (C=O) groups is 3. The smallest absolute Gasteiger partial charge is 0.308 e. The van der Waals surface area contributed by atoms with Crippen LogP contribution in [0.4, 0.5) is 0 Å². The highest BCUT2D eigenvalue weighted by atomic mass is 16.7. The Kier molecular flexibility index (Phi) is 9.17. The molecule has 0 spiro atoms. The van der Waals surface area contributed by atoms with Gasteiger partial charge in [0.25, 0.3) is 0 Å². The summed E-state index contributed by atoms with van der Waals surface area (Å²) in [5, 5.41) is 20.4. The molecule has 1 heterocycles. The van der Waals surface area contributed by atoms with Crippen molar-refractivity contribution in [2.24, 2.45) is 40.4 Å². The molecule has 0 radical (unpaired) electrons. The number of ketones is 2. The maximum atomic E-state index is 14.2. The minimum atomic E-state index is -1.25. The molecule has 0 bridgehead atoms. The molecule has 0 aromatic heterocycles. The van der Waals surface area contributed by atoms with E-state index in [1.165, 1.54) is 6.42 Å². The number of esters is 1. The van der Waals surface area contributed by atoms with Gasteiger partial charge in [-0.3, -0.25) is 14.4 Å². The summed E-state index contributed by atoms with van der Waals surface area (Å²) in [6.07, 6.45) is 12.2. The SMILES string of the molecule is CC(C)(C)O.CC(C)C(=O)OCC(=O)[C@@]12O[C@H](C3CCCCC3)O[C@@H]1C[C@H]1[C@@H]3CCC4=CC(=O)C=C[C@]4(C)[C@H]3[C@@H](O)C[C@@]12C. The van der Waals surface area contributed by atoms with Gasteiger partial charge in [-0.2, -0.15) is 0 Å². The van der Waals surface area contributed by atoms with Crippen molar-refractivity contribution in [3.63, 3.8) is 0 Å². The summed E-state index contributed by atoms with van der Waals surface area (Å²) in [4.78, 5) is 38.7. The molecular formula is C36H54O8. The normalized spacial score (nSPS) is 41.5. The zero-order valence-corrected chi connectivity index (χ0v) is 27.8. The lowest BCUT2D eigenvalue weighted by Gasteiger charge is -2.59. The number of fused-ring (bicyclic) bond motifs is 7. The van der Waals surface area contributed by atoms with Crippen molar-refractivity contribution >= 4 is 17.5 Å². The van der Waals surface area contributed by atoms with Gasteiger partial charge in [0, 0.05) is 22.7 Å². The molecule has 5 fully saturated rings. The predicted octanol–water partition coefficient (Wildman–Crippen LogP) is 5.48. The Balaban J connectivity index is 0.000000712. The van der Waals surface area contributed by atoms with Crippen LogP contribution in [0.3, 0.4) is 0 Å². The number of aliphatic hydroxyl groups is 2. The molecule has 6 aliphatic rings. The van der Waals surface area contributed by atoms with E-state index in [1.807, 2.05) is 6.08 Å². The lowest BCUT2D eigenvalue weighted by molar-refractivity contribution is -0.210. The Morgan fingerprint density at radius 1 is 1.11 bits per heavy atom. The van der Waals surface area contributed by atoms with Gasteiger partial charge in [-0.15, -0.1) is 0 Å². The molecule has 0 aromatic rings. The summed E-state index contributed by atoms with van der Waals surface area (Å²) >= 11 is 0. The van der Waals surface area contributed by atoms with Crippen molar-refractivity contribution in [1.82, 2.24) is 0 Å². The summed E-state index contributed by atoms with van der Waals surface area (Å²) < 4.78 is 19.0. The van der Waals surface area contributed by atoms with Gasteiger partial charge in [0.1, 0.15) is 0 Å². The number of hydrogen-bond donors (Lipinski definition) is 2. The molecule has 1 aliphatic heterocycles. The lowest BCUT2D eigenvalue weighted by atomic mass is 9.46. The van der Waals surface area contributed by atoms with Crippen LogP contribution in [0.25, 0.3) is 0 Å². The van der Waals surface area contributed by atoms with Crippen LogP contribution in [0.15, 0.2) is 23.8 Å². The zero-order chi connectivity index (χ0) is 32.2. The van der Waals surface area contributed by atoms with E-state index in [1.54, 1.807) is 46.8 Å². The fourth-order valence-electron chi connectivity index (χ4n) is 9.62. The summed E-state index contributed by atoms with van der Waals surface area (Å²) in [5.41, 5.74) is -1.69. The zero-order valence-electron chi connectivity index (χ0n) is 27.8. The van der Waals surface area contributed by atoms with Gasteiger partial charge in [-0.25, -0.2) is 0 Å². The molecule has 246 valence electrons. The van der Waals surface area contributed by atoms with Crippen LogP contribution in [0, 0.1) is 40.4 Å². The summed E-state index contributed by atoms with van der Waals surface area (Å²) in [6.45, 7) is 12.7. The number of ether oxygens (including phenoxy) is 3. The van der Waals surface area contributed by atoms with Gasteiger partial charge >= 0.3 is 5.97 Å². The third-order valence-corrected chi connectivity index (χ3v) is 11.5. The number of aliphatic hydroxyl groups excluding tert-OH is 1. The summed E-state index contributed by atoms with van der Waals surface area (Å²) in [6, 6.07) is 0. The molecule has 6 rings (SSSR count). The molecule has 1 saturated heterocycles. The van der Waals surface area contributed by atoms with Gasteiger partial charge in [-0.05, 0) is 83.3 Å². The highest BCUT2D eigenvalue weighted by Crippen LogP contribution is 2.70. The molecule has 2 N–H and O–H groups in total. The van der Waals surface area contributed by atoms with Gasteiger partial charge in [0.15, 0.2) is 24.3 Å². The van der Waals surface area contributed by atoms with Crippen LogP contribution < -0.4 is 0 Å². The van der Waals surface area contributed by atoms with Crippen LogP contribution in [0.2, 0.25) is 0 Å². The molecule has 5 aliphatic carbocycles. The van der Waals surface area contributed by atoms with Crippen molar-refractivity contribution in [2.75, 3.05) is 6.61 Å². The summed E-state index contributed by atoms with van der Waals surface area (Å²) in [7, 11) is 0. The molecule has 44 heavy (non-hydrogen) atoms. The molecule has 0 aromatic carbocycles. The first-order valence-electron chi connectivity index (χ1n) is 16.9. The quantitative estimate of drug-likeness (QED) is 0.391. The number of rotatable bonds is 5. The first kappa shape index (κ1) is 33.5. The maximum Gasteiger partial charge on any atom is 0.308 e. The Morgan fingerprint density at radius 3 is 2.41 bits per heavy atom. The number of allylic oxidation sites excluding steroid dienone is 4. The maximum absolute atomic E-state index is 14.2. The van der Waals surface area contributed by atoms with Gasteiger partial charge in [-0.1, -0.05) is 58.6 Å². The van der Waals surface area contributed by atoms with Crippen LogP contribution in [-0.2, 0) is 28.6 Å². The van der Waals surface area contributed by atoms with Crippen molar-refractivity contribution < 1.29 is 38.8 Å². The van der Waals surface area contributed by atoms with E-state index in [-0.39, 0.29) is 53.2 Å². The van der Waals surface area contributed by atoms with E-state index in [9.17, 15) is 19.5 Å². The largest absolute Gasteiger partial charge is 0.457 e. The van der Waals surface area contributed by atoms with Crippen molar-refractivity contribution in [2.45, 2.75) is 136 Å². The van der Waals surface area contributed by atoms with Crippen molar-refractivity contribution in [3.8, 4) is 0 Å². The number of Topliss-reactive ketones (excluding diaryl/α,β-unsaturated/α-hetero) is 1. The average Bonchev–Trinajstić information content (AvgIpc) is 3.44. The van der Waals surface area contributed by atoms with Crippen molar-refractivity contribution in [1.29, 1.82) is 0 Å². The minimum absolute atomic E-state index is 0.0162. The van der Waals surface area contributed by atoms with E-state index in [0.717, 1.165) is 44.1 Å². The van der Waals surface area contributed by atoms with Crippen LogP contribution in [0.5, 0.6) is 0 Å². The second-order valence-electron chi connectivity index (χ2n) is 16.0. The molecule has 9 atom stereocenters. The third-order valence-electron chi connectivity index (χ3n) is 11.5. The fraction of sp³-hybridized carbons (Fsp3) is 0.806. The Labute approximate surface area is 263 Å². The predicted molar refractivity (Wildman–Crippen MR) is 165 cm³/mol. The van der Waals surface area contributed by atoms with Crippen LogP contribution >= 0.6 is 0 Å². The van der Waals surface area contributed by atoms with E-state index in [2.05, 4.69) is 13.8 Å². The fourth-order valence-corrected chi connectivity index (χ4v) is 9.62. The van der Waals surface area contributed by atoms with E-state index >= 15 is 0 Å². The average molecular weight is 615 g/mol. The first-order chi connectivity index (χ1) is 20.5. The molecule has 0 unspecified atom stereocenters. The standard InChI is InChI=1S/C32H44O7.C4H10O/c1-18(2)28(36)37-17-25(35)32-26(38-29(39-32)19-8-6-5-7-9-19)15-23-22-11-10-20-14-21(33)12-13-30(20,3)27(22)24(34)16-31(23,32)4;1-4(2,3)5/h12-14,18-19,22-24,26-27,29,34H,5-11,15-17H2,1-4H3;5H,1-3H3/t22-,23-,24-,26+,27+,29+,30-,31-,32+;/m0./s1. The lowest BCUT2D eigenvalue weighted by Crippen LogP contribution is -2.63. The highest BCUT2D eigenvalue weighted by molar-refractivity contribution is 6.01. The van der Waals surface area contributed by atoms with E-state index in [4.69, 9.17) is 19.3 Å². The molecular weight excluding hydrogens is 560 g/mol. The molecule has 4 saturated carbocycles. The Morgan fingerprint density at radius 2 is 1.77 bits per heavy atom. The van der Waals surface area contributed by atoms with E-state index < -0.39 is 41.1 Å². The molecule has 8 heteroatoms.